The molecule has 108 valence electrons. The molecule has 0 bridgehead atoms. The fourth-order valence-electron chi connectivity index (χ4n) is 2.67. The molecular formula is C17H30N2. The van der Waals surface area contributed by atoms with Gasteiger partial charge >= 0.3 is 0 Å². The Morgan fingerprint density at radius 3 is 2.11 bits per heavy atom. The molecule has 0 amide bonds. The van der Waals surface area contributed by atoms with Crippen molar-refractivity contribution in [1.82, 2.24) is 4.90 Å². The zero-order valence-corrected chi connectivity index (χ0v) is 13.5. The van der Waals surface area contributed by atoms with Crippen LogP contribution in [-0.4, -0.2) is 31.6 Å². The largest absolute Gasteiger partial charge is 0.330 e. The molecule has 0 heterocycles. The molecule has 0 saturated carbocycles. The molecule has 19 heavy (non-hydrogen) atoms. The van der Waals surface area contributed by atoms with Gasteiger partial charge in [0.05, 0.1) is 0 Å². The first-order valence-corrected chi connectivity index (χ1v) is 7.31. The van der Waals surface area contributed by atoms with Gasteiger partial charge in [-0.25, -0.2) is 0 Å². The molecule has 0 aliphatic rings. The Kier molecular flexibility index (Phi) is 6.02. The molecule has 0 spiro atoms. The van der Waals surface area contributed by atoms with E-state index in [1.807, 2.05) is 0 Å². The number of nitrogens with two attached hydrogens (primary N) is 1. The third-order valence-corrected chi connectivity index (χ3v) is 4.29. The lowest BCUT2D eigenvalue weighted by Crippen LogP contribution is -2.30. The monoisotopic (exact) mass is 262 g/mol. The normalized spacial score (nSPS) is 13.1. The number of benzene rings is 1. The van der Waals surface area contributed by atoms with E-state index in [0.29, 0.717) is 5.92 Å². The van der Waals surface area contributed by atoms with Crippen molar-refractivity contribution >= 4 is 0 Å². The summed E-state index contributed by atoms with van der Waals surface area (Å²) < 4.78 is 0. The minimum Gasteiger partial charge on any atom is -0.330 e. The van der Waals surface area contributed by atoms with E-state index < -0.39 is 0 Å². The van der Waals surface area contributed by atoms with Crippen LogP contribution in [0.2, 0.25) is 0 Å². The maximum absolute atomic E-state index is 5.69. The molecule has 0 radical (unpaired) electrons. The van der Waals surface area contributed by atoms with Crippen LogP contribution in [0.15, 0.2) is 6.07 Å². The molecule has 1 aromatic rings. The van der Waals surface area contributed by atoms with E-state index in [-0.39, 0.29) is 0 Å². The van der Waals surface area contributed by atoms with E-state index in [9.17, 15) is 0 Å². The predicted molar refractivity (Wildman–Crippen MR) is 84.8 cm³/mol. The molecule has 0 aromatic heterocycles. The zero-order chi connectivity index (χ0) is 14.6. The van der Waals surface area contributed by atoms with E-state index in [1.54, 1.807) is 0 Å². The molecule has 1 aromatic carbocycles. The summed E-state index contributed by atoms with van der Waals surface area (Å²) in [5.41, 5.74) is 13.0. The van der Waals surface area contributed by atoms with E-state index in [1.165, 1.54) is 27.8 Å². The van der Waals surface area contributed by atoms with Crippen molar-refractivity contribution in [2.45, 2.75) is 41.0 Å². The summed E-state index contributed by atoms with van der Waals surface area (Å²) in [7, 11) is 2.19. The van der Waals surface area contributed by atoms with Gasteiger partial charge in [-0.3, -0.25) is 0 Å². The van der Waals surface area contributed by atoms with Crippen LogP contribution in [0.3, 0.4) is 0 Å². The average Bonchev–Trinajstić information content (AvgIpc) is 2.36. The molecule has 0 aliphatic heterocycles. The highest BCUT2D eigenvalue weighted by atomic mass is 15.1. The topological polar surface area (TPSA) is 29.3 Å². The van der Waals surface area contributed by atoms with Crippen LogP contribution in [0.25, 0.3) is 0 Å². The van der Waals surface area contributed by atoms with Gasteiger partial charge in [0.1, 0.15) is 0 Å². The third kappa shape index (κ3) is 4.32. The van der Waals surface area contributed by atoms with Gasteiger partial charge in [0, 0.05) is 13.1 Å². The smallest absolute Gasteiger partial charge is 0.00191 e. The fourth-order valence-corrected chi connectivity index (χ4v) is 2.67. The van der Waals surface area contributed by atoms with Crippen LogP contribution in [0.5, 0.6) is 0 Å². The van der Waals surface area contributed by atoms with Crippen LogP contribution < -0.4 is 5.73 Å². The van der Waals surface area contributed by atoms with Crippen molar-refractivity contribution in [3.05, 3.63) is 33.9 Å². The molecule has 2 heteroatoms. The van der Waals surface area contributed by atoms with Crippen molar-refractivity contribution in [2.24, 2.45) is 11.7 Å². The lowest BCUT2D eigenvalue weighted by Gasteiger charge is -2.22. The molecule has 1 atom stereocenters. The first-order valence-electron chi connectivity index (χ1n) is 7.31. The van der Waals surface area contributed by atoms with Crippen molar-refractivity contribution in [3.8, 4) is 0 Å². The van der Waals surface area contributed by atoms with Crippen LogP contribution >= 0.6 is 0 Å². The highest BCUT2D eigenvalue weighted by molar-refractivity contribution is 5.44. The standard InChI is InChI=1S/C17H30N2/c1-12(10-18)11-19(6)8-7-17-15(4)13(2)9-14(3)16(17)5/h9,12H,7-8,10-11,18H2,1-6H3. The van der Waals surface area contributed by atoms with Gasteiger partial charge in [0.2, 0.25) is 0 Å². The molecular weight excluding hydrogens is 232 g/mol. The average molecular weight is 262 g/mol. The van der Waals surface area contributed by atoms with Crippen molar-refractivity contribution in [1.29, 1.82) is 0 Å². The van der Waals surface area contributed by atoms with Crippen LogP contribution in [0.4, 0.5) is 0 Å². The number of hydrogen-bond acceptors (Lipinski definition) is 2. The van der Waals surface area contributed by atoms with Gasteiger partial charge in [0.15, 0.2) is 0 Å². The van der Waals surface area contributed by atoms with Crippen LogP contribution in [0, 0.1) is 33.6 Å². The quantitative estimate of drug-likeness (QED) is 0.854. The van der Waals surface area contributed by atoms with Crippen molar-refractivity contribution in [3.63, 3.8) is 0 Å². The second-order valence-electron chi connectivity index (χ2n) is 6.09. The molecule has 0 fully saturated rings. The Morgan fingerprint density at radius 2 is 1.63 bits per heavy atom. The maximum Gasteiger partial charge on any atom is 0.00191 e. The highest BCUT2D eigenvalue weighted by Gasteiger charge is 2.10. The summed E-state index contributed by atoms with van der Waals surface area (Å²) in [6.07, 6.45) is 1.13. The Labute approximate surface area is 119 Å². The Bertz CT molecular complexity index is 398. The Balaban J connectivity index is 2.73. The summed E-state index contributed by atoms with van der Waals surface area (Å²) in [6, 6.07) is 2.30. The molecule has 1 unspecified atom stereocenters. The van der Waals surface area contributed by atoms with Gasteiger partial charge in [-0.05, 0) is 81.4 Å². The van der Waals surface area contributed by atoms with Gasteiger partial charge in [-0.15, -0.1) is 0 Å². The van der Waals surface area contributed by atoms with Gasteiger partial charge in [0.25, 0.3) is 0 Å². The molecule has 1 rings (SSSR count). The van der Waals surface area contributed by atoms with Gasteiger partial charge in [-0.2, -0.15) is 0 Å². The minimum absolute atomic E-state index is 0.575. The fraction of sp³-hybridized carbons (Fsp3) is 0.647. The van der Waals surface area contributed by atoms with Gasteiger partial charge in [-0.1, -0.05) is 13.0 Å². The van der Waals surface area contributed by atoms with E-state index >= 15 is 0 Å². The number of likely N-dealkylation sites (N-methyl/N-ethyl adjacent to an activating group) is 1. The Morgan fingerprint density at radius 1 is 1.11 bits per heavy atom. The second kappa shape index (κ2) is 7.06. The SMILES string of the molecule is Cc1cc(C)c(C)c(CCN(C)CC(C)CN)c1C. The summed E-state index contributed by atoms with van der Waals surface area (Å²) in [5, 5.41) is 0. The summed E-state index contributed by atoms with van der Waals surface area (Å²) in [4.78, 5) is 2.40. The number of hydrogen-bond donors (Lipinski definition) is 1. The maximum atomic E-state index is 5.69. The van der Waals surface area contributed by atoms with E-state index in [2.05, 4.69) is 52.6 Å². The van der Waals surface area contributed by atoms with Crippen molar-refractivity contribution < 1.29 is 0 Å². The lowest BCUT2D eigenvalue weighted by molar-refractivity contribution is 0.292. The molecule has 0 saturated heterocycles. The van der Waals surface area contributed by atoms with E-state index in [0.717, 1.165) is 26.1 Å². The predicted octanol–water partition coefficient (Wildman–Crippen LogP) is 2.99. The van der Waals surface area contributed by atoms with E-state index in [4.69, 9.17) is 5.73 Å². The lowest BCUT2D eigenvalue weighted by atomic mass is 9.92. The summed E-state index contributed by atoms with van der Waals surface area (Å²) in [6.45, 7) is 14.1. The third-order valence-electron chi connectivity index (χ3n) is 4.29. The van der Waals surface area contributed by atoms with Crippen LogP contribution in [-0.2, 0) is 6.42 Å². The molecule has 2 N–H and O–H groups in total. The molecule has 2 nitrogen and oxygen atoms in total. The van der Waals surface area contributed by atoms with Crippen molar-refractivity contribution in [2.75, 3.05) is 26.7 Å². The van der Waals surface area contributed by atoms with Crippen LogP contribution in [0.1, 0.15) is 34.7 Å². The van der Waals surface area contributed by atoms with Gasteiger partial charge < -0.3 is 10.6 Å². The first-order chi connectivity index (χ1) is 8.86. The zero-order valence-electron chi connectivity index (χ0n) is 13.5. The Hall–Kier alpha value is -0.860. The molecule has 0 aliphatic carbocycles. The summed E-state index contributed by atoms with van der Waals surface area (Å²) in [5.74, 6) is 0.575. The number of nitrogens with zero attached hydrogens (tertiary/aromatic N) is 1. The second-order valence-corrected chi connectivity index (χ2v) is 6.09. The highest BCUT2D eigenvalue weighted by Crippen LogP contribution is 2.22. The number of aryl methyl sites for hydroxylation is 2. The number of rotatable bonds is 6. The minimum atomic E-state index is 0.575. The first kappa shape index (κ1) is 16.2. The summed E-state index contributed by atoms with van der Waals surface area (Å²) >= 11 is 0.